The molecule has 0 amide bonds. The van der Waals surface area contributed by atoms with Gasteiger partial charge in [-0.25, -0.2) is 0 Å². The molecule has 0 heterocycles. The fraction of sp³-hybridized carbons (Fsp3) is 0.458. The van der Waals surface area contributed by atoms with E-state index in [1.54, 1.807) is 6.08 Å². The number of halogens is 4. The van der Waals surface area contributed by atoms with Gasteiger partial charge in [-0.2, -0.15) is 0 Å². The summed E-state index contributed by atoms with van der Waals surface area (Å²) in [6, 6.07) is 10.4. The second-order valence-electron chi connectivity index (χ2n) is 8.92. The van der Waals surface area contributed by atoms with Crippen LogP contribution in [-0.2, 0) is 14.9 Å². The van der Waals surface area contributed by atoms with Gasteiger partial charge in [-0.05, 0) is 28.4 Å². The zero-order chi connectivity index (χ0) is 22.3. The van der Waals surface area contributed by atoms with Crippen molar-refractivity contribution in [3.63, 3.8) is 0 Å². The first-order valence-electron chi connectivity index (χ1n) is 9.94. The molecule has 30 heavy (non-hydrogen) atoms. The third-order valence-corrected chi connectivity index (χ3v) is 8.06. The van der Waals surface area contributed by atoms with E-state index in [-0.39, 0.29) is 46.2 Å². The lowest BCUT2D eigenvalue weighted by Crippen LogP contribution is -2.32. The van der Waals surface area contributed by atoms with Crippen LogP contribution in [0.2, 0.25) is 0 Å². The molecule has 1 saturated carbocycles. The van der Waals surface area contributed by atoms with Crippen LogP contribution in [-0.4, -0.2) is 16.4 Å². The van der Waals surface area contributed by atoms with Crippen LogP contribution < -0.4 is 0 Å². The topological polar surface area (TPSA) is 26.3 Å². The summed E-state index contributed by atoms with van der Waals surface area (Å²) in [6.45, 7) is 8.61. The number of carbonyl (C=O) groups excluding carboxylic acids is 1. The average molecular weight is 488 g/mol. The van der Waals surface area contributed by atoms with Crippen molar-refractivity contribution in [1.82, 2.24) is 0 Å². The van der Waals surface area contributed by atoms with E-state index in [2.05, 4.69) is 32.1 Å². The smallest absolute Gasteiger partial charge is 0.310 e. The van der Waals surface area contributed by atoms with Crippen molar-refractivity contribution in [2.24, 2.45) is 23.2 Å². The molecule has 0 bridgehead atoms. The molecule has 0 N–H and O–H groups in total. The highest BCUT2D eigenvalue weighted by atomic mass is 35.6. The van der Waals surface area contributed by atoms with Gasteiger partial charge >= 0.3 is 5.97 Å². The number of benzene rings is 1. The third-order valence-electron chi connectivity index (χ3n) is 6.75. The second-order valence-corrected chi connectivity index (χ2v) is 11.6. The first kappa shape index (κ1) is 23.7. The van der Waals surface area contributed by atoms with Crippen molar-refractivity contribution < 1.29 is 9.53 Å². The van der Waals surface area contributed by atoms with E-state index in [4.69, 9.17) is 51.1 Å². The molecule has 0 saturated heterocycles. The van der Waals surface area contributed by atoms with Crippen molar-refractivity contribution in [2.45, 2.75) is 36.9 Å². The van der Waals surface area contributed by atoms with E-state index in [9.17, 15) is 4.79 Å². The Hall–Kier alpha value is -0.930. The summed E-state index contributed by atoms with van der Waals surface area (Å²) in [5.74, 6) is -0.493. The van der Waals surface area contributed by atoms with Crippen molar-refractivity contribution in [2.75, 3.05) is 6.61 Å². The monoisotopic (exact) mass is 486 g/mol. The number of esters is 1. The standard InChI is InChI=1S/C24H26Cl4O2/c1-15-16(9-8-12-23(15,4)17-10-6-5-7-11-17)14-30-21(29)20-18(22(20,2)3)13-19(25)24(26,27)28/h5-13,15,18,20H,14H2,1-4H3. The number of allylic oxidation sites excluding steroid dienone is 5. The molecule has 0 radical (unpaired) electrons. The molecule has 2 aliphatic rings. The van der Waals surface area contributed by atoms with Gasteiger partial charge in [0.05, 0.1) is 11.0 Å². The number of alkyl halides is 3. The lowest BCUT2D eigenvalue weighted by Gasteiger charge is -2.37. The highest BCUT2D eigenvalue weighted by molar-refractivity contribution is 6.72. The zero-order valence-electron chi connectivity index (χ0n) is 17.5. The molecule has 6 heteroatoms. The molecule has 1 fully saturated rings. The van der Waals surface area contributed by atoms with Crippen LogP contribution in [0.1, 0.15) is 33.3 Å². The van der Waals surface area contributed by atoms with Gasteiger partial charge in [0.2, 0.25) is 3.79 Å². The number of carbonyl (C=O) groups is 1. The Labute approximate surface area is 198 Å². The Morgan fingerprint density at radius 3 is 2.40 bits per heavy atom. The molecular formula is C24H26Cl4O2. The third kappa shape index (κ3) is 4.63. The van der Waals surface area contributed by atoms with E-state index >= 15 is 0 Å². The zero-order valence-corrected chi connectivity index (χ0v) is 20.5. The van der Waals surface area contributed by atoms with Crippen LogP contribution in [0.4, 0.5) is 0 Å². The number of rotatable bonds is 5. The molecule has 4 unspecified atom stereocenters. The van der Waals surface area contributed by atoms with Crippen LogP contribution in [0, 0.1) is 23.2 Å². The lowest BCUT2D eigenvalue weighted by molar-refractivity contribution is -0.145. The van der Waals surface area contributed by atoms with E-state index in [1.165, 1.54) is 5.56 Å². The minimum Gasteiger partial charge on any atom is -0.461 e. The second kappa shape index (κ2) is 8.54. The number of hydrogen-bond donors (Lipinski definition) is 0. The highest BCUT2D eigenvalue weighted by Crippen LogP contribution is 2.61. The van der Waals surface area contributed by atoms with Gasteiger partial charge in [-0.3, -0.25) is 4.79 Å². The van der Waals surface area contributed by atoms with Gasteiger partial charge in [0.1, 0.15) is 6.61 Å². The summed E-state index contributed by atoms with van der Waals surface area (Å²) in [5.41, 5.74) is 1.88. The predicted molar refractivity (Wildman–Crippen MR) is 126 cm³/mol. The van der Waals surface area contributed by atoms with E-state index in [0.29, 0.717) is 0 Å². The maximum absolute atomic E-state index is 12.8. The molecule has 2 aliphatic carbocycles. The fourth-order valence-electron chi connectivity index (χ4n) is 4.30. The largest absolute Gasteiger partial charge is 0.461 e. The minimum absolute atomic E-state index is 0.105. The quantitative estimate of drug-likeness (QED) is 0.319. The van der Waals surface area contributed by atoms with Crippen molar-refractivity contribution >= 4 is 52.4 Å². The van der Waals surface area contributed by atoms with Gasteiger partial charge in [-0.1, -0.05) is 129 Å². The molecule has 0 aromatic heterocycles. The summed E-state index contributed by atoms with van der Waals surface area (Å²) >= 11 is 23.6. The Kier molecular flexibility index (Phi) is 6.76. The highest BCUT2D eigenvalue weighted by Gasteiger charge is 2.62. The average Bonchev–Trinajstić information content (AvgIpc) is 3.22. The Morgan fingerprint density at radius 2 is 1.80 bits per heavy atom. The molecular weight excluding hydrogens is 462 g/mol. The lowest BCUT2D eigenvalue weighted by atomic mass is 9.67. The SMILES string of the molecule is CC1C(COC(=O)C2C(C=C(Cl)C(Cl)(Cl)Cl)C2(C)C)=CC=CC1(C)c1ccccc1. The Balaban J connectivity index is 1.67. The van der Waals surface area contributed by atoms with Crippen LogP contribution in [0.15, 0.2) is 65.2 Å². The molecule has 1 aromatic carbocycles. The Morgan fingerprint density at radius 1 is 1.17 bits per heavy atom. The molecule has 3 rings (SSSR count). The van der Waals surface area contributed by atoms with Crippen LogP contribution in [0.3, 0.4) is 0 Å². The van der Waals surface area contributed by atoms with Crippen LogP contribution in [0.25, 0.3) is 0 Å². The summed E-state index contributed by atoms with van der Waals surface area (Å²) in [6.07, 6.45) is 7.96. The first-order valence-corrected chi connectivity index (χ1v) is 11.4. The summed E-state index contributed by atoms with van der Waals surface area (Å²) < 4.78 is 4.04. The number of hydrogen-bond acceptors (Lipinski definition) is 2. The van der Waals surface area contributed by atoms with Gasteiger partial charge in [0.25, 0.3) is 0 Å². The van der Waals surface area contributed by atoms with Gasteiger partial charge in [0.15, 0.2) is 0 Å². The molecule has 4 atom stereocenters. The van der Waals surface area contributed by atoms with E-state index in [0.717, 1.165) is 5.57 Å². The summed E-state index contributed by atoms with van der Waals surface area (Å²) in [7, 11) is 0. The maximum atomic E-state index is 12.8. The van der Waals surface area contributed by atoms with Gasteiger partial charge in [-0.15, -0.1) is 0 Å². The van der Waals surface area contributed by atoms with Gasteiger partial charge < -0.3 is 4.74 Å². The molecule has 1 aromatic rings. The fourth-order valence-corrected chi connectivity index (χ4v) is 4.62. The van der Waals surface area contributed by atoms with Gasteiger partial charge in [0, 0.05) is 5.41 Å². The summed E-state index contributed by atoms with van der Waals surface area (Å²) in [5, 5.41) is 0.105. The van der Waals surface area contributed by atoms with Crippen LogP contribution in [0.5, 0.6) is 0 Å². The predicted octanol–water partition coefficient (Wildman–Crippen LogP) is 7.38. The molecule has 0 aliphatic heterocycles. The van der Waals surface area contributed by atoms with E-state index < -0.39 is 3.79 Å². The number of ether oxygens (including phenoxy) is 1. The molecule has 2 nitrogen and oxygen atoms in total. The first-order chi connectivity index (χ1) is 13.9. The van der Waals surface area contributed by atoms with Crippen molar-refractivity contribution in [3.05, 3.63) is 70.8 Å². The minimum atomic E-state index is -1.69. The Bertz CT molecular complexity index is 896. The van der Waals surface area contributed by atoms with E-state index in [1.807, 2.05) is 44.2 Å². The van der Waals surface area contributed by atoms with Crippen molar-refractivity contribution in [3.8, 4) is 0 Å². The van der Waals surface area contributed by atoms with Crippen molar-refractivity contribution in [1.29, 1.82) is 0 Å². The molecule has 162 valence electrons. The summed E-state index contributed by atoms with van der Waals surface area (Å²) in [4.78, 5) is 12.8. The van der Waals surface area contributed by atoms with Crippen LogP contribution >= 0.6 is 46.4 Å². The maximum Gasteiger partial charge on any atom is 0.310 e. The normalized spacial score (nSPS) is 30.6. The molecule has 0 spiro atoms.